The van der Waals surface area contributed by atoms with E-state index in [1.165, 1.54) is 38.8 Å². The van der Waals surface area contributed by atoms with Crippen LogP contribution in [-0.2, 0) is 37.3 Å². The predicted octanol–water partition coefficient (Wildman–Crippen LogP) is 11.1. The van der Waals surface area contributed by atoms with E-state index in [1.54, 1.807) is 54.2 Å². The third-order valence-electron chi connectivity index (χ3n) is 12.8. The molecule has 9 rings (SSSR count). The van der Waals surface area contributed by atoms with E-state index in [4.69, 9.17) is 37.1 Å². The zero-order chi connectivity index (χ0) is 51.6. The Labute approximate surface area is 444 Å². The minimum atomic E-state index is -3.39. The van der Waals surface area contributed by atoms with Crippen LogP contribution in [0.4, 0.5) is 27.3 Å². The fourth-order valence-corrected chi connectivity index (χ4v) is 11.0. The first kappa shape index (κ1) is 52.6. The number of carbonyl (C=O) groups is 2. The Balaban J connectivity index is 0.719. The zero-order valence-electron chi connectivity index (χ0n) is 40.9. The first-order valence-electron chi connectivity index (χ1n) is 24.5. The topological polar surface area (TPSA) is 151 Å². The second kappa shape index (κ2) is 24.4. The maximum atomic E-state index is 13.6. The fraction of sp³-hybridized carbons (Fsp3) is 0.309. The maximum Gasteiger partial charge on any atom is 0.305 e. The number of nitrogens with zero attached hydrogens (tertiary/aromatic N) is 6. The minimum Gasteiger partial charge on any atom is -0.487 e. The molecule has 0 unspecified atom stereocenters. The molecule has 0 spiro atoms. The molecule has 0 atom stereocenters. The summed E-state index contributed by atoms with van der Waals surface area (Å²) in [7, 11) is -3.39. The van der Waals surface area contributed by atoms with Crippen molar-refractivity contribution in [3.05, 3.63) is 149 Å². The number of furan rings is 1. The number of anilines is 4. The first-order valence-corrected chi connectivity index (χ1v) is 28.1. The summed E-state index contributed by atoms with van der Waals surface area (Å²) in [6, 6.07) is 35.1. The number of fused-ring (bicyclic) bond motifs is 3. The van der Waals surface area contributed by atoms with Crippen molar-refractivity contribution < 1.29 is 36.3 Å². The molecule has 386 valence electrons. The third kappa shape index (κ3) is 14.1. The van der Waals surface area contributed by atoms with Crippen molar-refractivity contribution in [1.29, 1.82) is 0 Å². The molecule has 0 aliphatic carbocycles. The summed E-state index contributed by atoms with van der Waals surface area (Å²) < 4.78 is 55.7. The number of nitrogens with one attached hydrogen (secondary N) is 1. The van der Waals surface area contributed by atoms with Crippen molar-refractivity contribution in [2.45, 2.75) is 48.6 Å². The first-order chi connectivity index (χ1) is 35.8. The summed E-state index contributed by atoms with van der Waals surface area (Å²) in [5, 5.41) is 5.10. The van der Waals surface area contributed by atoms with Crippen LogP contribution < -0.4 is 15.0 Å². The highest BCUT2D eigenvalue weighted by molar-refractivity contribution is 7.99. The number of hydrogen-bond acceptors (Lipinski definition) is 14. The molecule has 1 fully saturated rings. The Morgan fingerprint density at radius 2 is 1.64 bits per heavy atom. The van der Waals surface area contributed by atoms with Crippen molar-refractivity contribution in [3.8, 4) is 17.1 Å². The van der Waals surface area contributed by atoms with E-state index < -0.39 is 9.84 Å². The number of aromatic nitrogens is 2. The predicted molar refractivity (Wildman–Crippen MR) is 289 cm³/mol. The van der Waals surface area contributed by atoms with Gasteiger partial charge in [-0.3, -0.25) is 14.5 Å². The van der Waals surface area contributed by atoms with Crippen molar-refractivity contribution >= 4 is 90.5 Å². The lowest BCUT2D eigenvalue weighted by atomic mass is 10.1. The molecular formula is C55H56Cl2FN7O7S2. The SMILES string of the molecule is CS(=O)(=O)CCN(Cc1ccc(-c2ccc3ncnc(Nc4ccc(OCc5cccc(F)c5)c(Cl)c4)c3c2)o1)C(=O)CCCC(=O)OCCN1CCN(CCCN2c3ccccc3Sc3ccc(Cl)cc32)CC1. The highest BCUT2D eigenvalue weighted by Crippen LogP contribution is 2.48. The number of rotatable bonds is 22. The highest BCUT2D eigenvalue weighted by Gasteiger charge is 2.25. The number of carbonyl (C=O) groups excluding carboxylic acids is 2. The number of ether oxygens (including phenoxy) is 2. The molecule has 7 aromatic rings. The van der Waals surface area contributed by atoms with Crippen molar-refractivity contribution in [1.82, 2.24) is 24.7 Å². The summed E-state index contributed by atoms with van der Waals surface area (Å²) in [6.07, 6.45) is 3.94. The van der Waals surface area contributed by atoms with Gasteiger partial charge in [0.25, 0.3) is 0 Å². The molecule has 1 saturated heterocycles. The molecule has 1 N–H and O–H groups in total. The lowest BCUT2D eigenvalue weighted by Gasteiger charge is -2.36. The molecule has 2 aliphatic rings. The van der Waals surface area contributed by atoms with Gasteiger partial charge in [-0.05, 0) is 116 Å². The molecule has 0 saturated carbocycles. The Morgan fingerprint density at radius 3 is 2.45 bits per heavy atom. The van der Waals surface area contributed by atoms with Gasteiger partial charge in [-0.1, -0.05) is 59.2 Å². The summed E-state index contributed by atoms with van der Waals surface area (Å²) in [5.41, 5.74) is 5.09. The van der Waals surface area contributed by atoms with Crippen molar-refractivity contribution in [3.63, 3.8) is 0 Å². The van der Waals surface area contributed by atoms with E-state index in [-0.39, 0.29) is 69.0 Å². The van der Waals surface area contributed by atoms with Crippen LogP contribution in [-0.4, -0.2) is 116 Å². The second-order valence-corrected chi connectivity index (χ2v) is 22.5. The van der Waals surface area contributed by atoms with Crippen LogP contribution in [0.15, 0.2) is 136 Å². The number of halogens is 3. The average Bonchev–Trinajstić information content (AvgIpc) is 3.86. The largest absolute Gasteiger partial charge is 0.487 e. The van der Waals surface area contributed by atoms with E-state index in [9.17, 15) is 22.4 Å². The number of esters is 1. The Morgan fingerprint density at radius 1 is 0.824 bits per heavy atom. The van der Waals surface area contributed by atoms with Crippen molar-refractivity contribution in [2.24, 2.45) is 0 Å². The van der Waals surface area contributed by atoms with Crippen LogP contribution in [0.25, 0.3) is 22.2 Å². The van der Waals surface area contributed by atoms with Gasteiger partial charge in [0.2, 0.25) is 5.91 Å². The number of sulfone groups is 1. The van der Waals surface area contributed by atoms with Gasteiger partial charge in [0.15, 0.2) is 0 Å². The smallest absolute Gasteiger partial charge is 0.305 e. The standard InChI is InChI=1S/C55H56Cl2FN7O7S2/c1-74(68,69)30-28-64(35-43-16-19-49(72-43)39-13-17-46-44(32-39)55(60-37-59-46)61-42-15-18-50(45(57)34-42)71-36-38-7-4-8-41(58)31-38)53(66)11-5-12-54(67)70-29-27-63-25-23-62(24-26-63)21-6-22-65-47-9-2-3-10-51(47)73-52-20-14-40(56)33-48(52)65/h2-4,7-10,13-20,31-34,37H,5-6,11-12,21-30,35-36H2,1H3,(H,59,60,61). The lowest BCUT2D eigenvalue weighted by Crippen LogP contribution is -2.47. The van der Waals surface area contributed by atoms with Crippen molar-refractivity contribution in [2.75, 3.05) is 81.2 Å². The Bertz CT molecular complexity index is 3230. The van der Waals surface area contributed by atoms with E-state index >= 15 is 0 Å². The zero-order valence-corrected chi connectivity index (χ0v) is 44.0. The van der Waals surface area contributed by atoms with E-state index in [0.717, 1.165) is 68.2 Å². The van der Waals surface area contributed by atoms with E-state index in [1.807, 2.05) is 24.3 Å². The average molecular weight is 1080 g/mol. The third-order valence-corrected chi connectivity index (χ3v) is 15.4. The van der Waals surface area contributed by atoms with Gasteiger partial charge in [0, 0.05) is 96.4 Å². The maximum absolute atomic E-state index is 13.6. The molecule has 2 aliphatic heterocycles. The summed E-state index contributed by atoms with van der Waals surface area (Å²) in [4.78, 5) is 46.4. The molecule has 0 radical (unpaired) electrons. The quantitative estimate of drug-likeness (QED) is 0.0641. The molecule has 74 heavy (non-hydrogen) atoms. The molecule has 14 nitrogen and oxygen atoms in total. The van der Waals surface area contributed by atoms with Crippen LogP contribution >= 0.6 is 35.0 Å². The molecule has 1 amide bonds. The Kier molecular flexibility index (Phi) is 17.4. The fourth-order valence-electron chi connectivity index (χ4n) is 8.94. The van der Waals surface area contributed by atoms with Crippen LogP contribution in [0.1, 0.15) is 37.0 Å². The van der Waals surface area contributed by atoms with Crippen LogP contribution in [0, 0.1) is 5.82 Å². The molecule has 2 aromatic heterocycles. The van der Waals surface area contributed by atoms with Crippen LogP contribution in [0.2, 0.25) is 10.0 Å². The van der Waals surface area contributed by atoms with E-state index in [0.29, 0.717) is 56.8 Å². The van der Waals surface area contributed by atoms with Gasteiger partial charge < -0.3 is 33.9 Å². The lowest BCUT2D eigenvalue weighted by molar-refractivity contribution is -0.144. The summed E-state index contributed by atoms with van der Waals surface area (Å²) in [5.74, 6) is 0.695. The van der Waals surface area contributed by atoms with Gasteiger partial charge >= 0.3 is 5.97 Å². The number of para-hydroxylation sites is 1. The van der Waals surface area contributed by atoms with Gasteiger partial charge in [-0.15, -0.1) is 0 Å². The van der Waals surface area contributed by atoms with Crippen LogP contribution in [0.3, 0.4) is 0 Å². The Hall–Kier alpha value is -6.21. The minimum absolute atomic E-state index is 0.0338. The monoisotopic (exact) mass is 1080 g/mol. The highest BCUT2D eigenvalue weighted by atomic mass is 35.5. The number of benzene rings is 5. The molecular weight excluding hydrogens is 1020 g/mol. The molecule has 0 bridgehead atoms. The number of amides is 1. The van der Waals surface area contributed by atoms with Gasteiger partial charge in [0.1, 0.15) is 58.3 Å². The van der Waals surface area contributed by atoms with Gasteiger partial charge in [-0.25, -0.2) is 22.8 Å². The summed E-state index contributed by atoms with van der Waals surface area (Å²) >= 11 is 14.8. The van der Waals surface area contributed by atoms with E-state index in [2.05, 4.69) is 66.4 Å². The number of hydrogen-bond donors (Lipinski definition) is 1. The van der Waals surface area contributed by atoms with Gasteiger partial charge in [0.05, 0.1) is 34.2 Å². The second-order valence-electron chi connectivity index (χ2n) is 18.3. The number of piperazine rings is 1. The summed E-state index contributed by atoms with van der Waals surface area (Å²) in [6.45, 7) is 6.56. The molecule has 19 heteroatoms. The molecule has 4 heterocycles. The normalized spacial score (nSPS) is 13.9. The van der Waals surface area contributed by atoms with Gasteiger partial charge in [-0.2, -0.15) is 0 Å². The van der Waals surface area contributed by atoms with Crippen LogP contribution in [0.5, 0.6) is 5.75 Å². The molecule has 5 aromatic carbocycles.